The summed E-state index contributed by atoms with van der Waals surface area (Å²) in [6, 6.07) is 10.3. The lowest BCUT2D eigenvalue weighted by Gasteiger charge is -2.10. The Morgan fingerprint density at radius 2 is 1.78 bits per heavy atom. The number of aliphatic imine (C=N–C) groups is 1. The Labute approximate surface area is 171 Å². The van der Waals surface area contributed by atoms with E-state index in [0.29, 0.717) is 11.3 Å². The first kappa shape index (κ1) is 22.7. The number of ether oxygens (including phenoxy) is 2. The molecule has 0 spiro atoms. The molecule has 0 aliphatic rings. The number of phenolic OH excluding ortho intramolecular Hbond substituents is 1. The molecule has 4 N–H and O–H groups in total. The smallest absolute Gasteiger partial charge is 0.504 e. The second-order valence-corrected chi connectivity index (χ2v) is 5.25. The van der Waals surface area contributed by atoms with Gasteiger partial charge in [0, 0.05) is 6.54 Å². The standard InChI is InChI=1S/C17H18F3N3O3.HI/c1-25-15-7-4-12(8-14(15)24)10-23-16(21)22-9-11-2-5-13(6-3-11)26-17(18,19)20;/h2-8,24H,9-10H2,1H3,(H3,21,22,23);1H. The first-order chi connectivity index (χ1) is 12.3. The molecule has 2 aromatic rings. The lowest BCUT2D eigenvalue weighted by Crippen LogP contribution is -2.31. The summed E-state index contributed by atoms with van der Waals surface area (Å²) >= 11 is 0. The maximum absolute atomic E-state index is 12.1. The van der Waals surface area contributed by atoms with Crippen molar-refractivity contribution in [1.82, 2.24) is 5.32 Å². The van der Waals surface area contributed by atoms with Gasteiger partial charge in [-0.15, -0.1) is 37.1 Å². The summed E-state index contributed by atoms with van der Waals surface area (Å²) in [7, 11) is 1.45. The quantitative estimate of drug-likeness (QED) is 0.323. The topological polar surface area (TPSA) is 89.1 Å². The van der Waals surface area contributed by atoms with Crippen LogP contribution >= 0.6 is 24.0 Å². The fraction of sp³-hybridized carbons (Fsp3) is 0.235. The van der Waals surface area contributed by atoms with Gasteiger partial charge in [-0.25, -0.2) is 4.99 Å². The van der Waals surface area contributed by atoms with Gasteiger partial charge >= 0.3 is 6.36 Å². The zero-order chi connectivity index (χ0) is 19.2. The monoisotopic (exact) mass is 497 g/mol. The van der Waals surface area contributed by atoms with Gasteiger partial charge in [-0.1, -0.05) is 18.2 Å². The Morgan fingerprint density at radius 3 is 2.33 bits per heavy atom. The number of rotatable bonds is 6. The number of nitrogens with zero attached hydrogens (tertiary/aromatic N) is 1. The van der Waals surface area contributed by atoms with E-state index in [-0.39, 0.29) is 54.5 Å². The summed E-state index contributed by atoms with van der Waals surface area (Å²) in [4.78, 5) is 4.13. The number of hydrogen-bond acceptors (Lipinski definition) is 4. The molecule has 27 heavy (non-hydrogen) atoms. The third-order valence-corrected chi connectivity index (χ3v) is 3.31. The first-order valence-electron chi connectivity index (χ1n) is 7.51. The lowest BCUT2D eigenvalue weighted by molar-refractivity contribution is -0.274. The Morgan fingerprint density at radius 1 is 1.15 bits per heavy atom. The van der Waals surface area contributed by atoms with Gasteiger partial charge in [-0.2, -0.15) is 0 Å². The molecule has 0 atom stereocenters. The number of phenols is 1. The van der Waals surface area contributed by atoms with Crippen LogP contribution in [0.25, 0.3) is 0 Å². The van der Waals surface area contributed by atoms with Crippen LogP contribution < -0.4 is 20.5 Å². The van der Waals surface area contributed by atoms with Crippen LogP contribution in [0.1, 0.15) is 11.1 Å². The molecule has 0 bridgehead atoms. The molecule has 0 saturated heterocycles. The van der Waals surface area contributed by atoms with Crippen molar-refractivity contribution in [2.24, 2.45) is 10.7 Å². The van der Waals surface area contributed by atoms with Gasteiger partial charge in [-0.05, 0) is 35.4 Å². The van der Waals surface area contributed by atoms with E-state index in [1.54, 1.807) is 12.1 Å². The normalized spacial score (nSPS) is 11.5. The summed E-state index contributed by atoms with van der Waals surface area (Å²) in [5.74, 6) is 0.243. The summed E-state index contributed by atoms with van der Waals surface area (Å²) in [6.07, 6.45) is -4.72. The van der Waals surface area contributed by atoms with Gasteiger partial charge in [-0.3, -0.25) is 0 Å². The number of halogens is 4. The third-order valence-electron chi connectivity index (χ3n) is 3.31. The number of benzene rings is 2. The molecule has 6 nitrogen and oxygen atoms in total. The van der Waals surface area contributed by atoms with E-state index in [4.69, 9.17) is 10.5 Å². The van der Waals surface area contributed by atoms with Crippen LogP contribution in [0.15, 0.2) is 47.5 Å². The fourth-order valence-corrected chi connectivity index (χ4v) is 2.07. The van der Waals surface area contributed by atoms with E-state index >= 15 is 0 Å². The van der Waals surface area contributed by atoms with Gasteiger partial charge in [0.2, 0.25) is 0 Å². The molecule has 0 aromatic heterocycles. The van der Waals surface area contributed by atoms with E-state index in [2.05, 4.69) is 15.0 Å². The molecule has 0 heterocycles. The number of aromatic hydroxyl groups is 1. The zero-order valence-electron chi connectivity index (χ0n) is 14.3. The average Bonchev–Trinajstić information content (AvgIpc) is 2.58. The molecule has 2 aromatic carbocycles. The molecule has 10 heteroatoms. The molecule has 0 aliphatic heterocycles. The number of hydrogen-bond donors (Lipinski definition) is 3. The Hall–Kier alpha value is -2.37. The van der Waals surface area contributed by atoms with Gasteiger partial charge in [0.1, 0.15) is 5.75 Å². The predicted molar refractivity (Wildman–Crippen MR) is 105 cm³/mol. The van der Waals surface area contributed by atoms with Crippen molar-refractivity contribution >= 4 is 29.9 Å². The van der Waals surface area contributed by atoms with Crippen molar-refractivity contribution in [2.75, 3.05) is 7.11 Å². The maximum atomic E-state index is 12.1. The molecule has 0 saturated carbocycles. The van der Waals surface area contributed by atoms with Gasteiger partial charge in [0.05, 0.1) is 13.7 Å². The van der Waals surface area contributed by atoms with Crippen LogP contribution in [-0.4, -0.2) is 24.5 Å². The van der Waals surface area contributed by atoms with Crippen molar-refractivity contribution in [2.45, 2.75) is 19.5 Å². The van der Waals surface area contributed by atoms with E-state index in [1.807, 2.05) is 0 Å². The van der Waals surface area contributed by atoms with Crippen LogP contribution in [0.2, 0.25) is 0 Å². The summed E-state index contributed by atoms with van der Waals surface area (Å²) in [6.45, 7) is 0.532. The summed E-state index contributed by atoms with van der Waals surface area (Å²) < 4.78 is 45.0. The number of guanidine groups is 1. The van der Waals surface area contributed by atoms with Crippen molar-refractivity contribution in [3.05, 3.63) is 53.6 Å². The van der Waals surface area contributed by atoms with Crippen molar-refractivity contribution in [1.29, 1.82) is 0 Å². The minimum atomic E-state index is -4.72. The average molecular weight is 497 g/mol. The highest BCUT2D eigenvalue weighted by molar-refractivity contribution is 14.0. The fourth-order valence-electron chi connectivity index (χ4n) is 2.07. The molecule has 148 valence electrons. The van der Waals surface area contributed by atoms with E-state index in [1.165, 1.54) is 37.4 Å². The highest BCUT2D eigenvalue weighted by atomic mass is 127. The van der Waals surface area contributed by atoms with Crippen LogP contribution in [-0.2, 0) is 13.1 Å². The largest absolute Gasteiger partial charge is 0.573 e. The molecule has 2 rings (SSSR count). The molecule has 0 fully saturated rings. The first-order valence-corrected chi connectivity index (χ1v) is 7.51. The summed E-state index contributed by atoms with van der Waals surface area (Å²) in [5.41, 5.74) is 7.20. The molecule has 0 amide bonds. The highest BCUT2D eigenvalue weighted by Crippen LogP contribution is 2.26. The third kappa shape index (κ3) is 7.81. The number of nitrogens with two attached hydrogens (primary N) is 1. The maximum Gasteiger partial charge on any atom is 0.573 e. The second kappa shape index (κ2) is 10.1. The number of methoxy groups -OCH3 is 1. The predicted octanol–water partition coefficient (Wildman–Crippen LogP) is 3.52. The second-order valence-electron chi connectivity index (χ2n) is 5.25. The van der Waals surface area contributed by atoms with Gasteiger partial charge in [0.25, 0.3) is 0 Å². The molecular formula is C17H19F3IN3O3. The van der Waals surface area contributed by atoms with Crippen molar-refractivity contribution in [3.8, 4) is 17.2 Å². The number of nitrogens with one attached hydrogen (secondary N) is 1. The van der Waals surface area contributed by atoms with Crippen LogP contribution in [0.4, 0.5) is 13.2 Å². The minimum Gasteiger partial charge on any atom is -0.504 e. The Bertz CT molecular complexity index is 768. The zero-order valence-corrected chi connectivity index (χ0v) is 16.6. The SMILES string of the molecule is COc1ccc(CN=C(N)NCc2ccc(OC(F)(F)F)cc2)cc1O.I. The van der Waals surface area contributed by atoms with Gasteiger partial charge in [0.15, 0.2) is 17.5 Å². The van der Waals surface area contributed by atoms with Crippen LogP contribution in [0.5, 0.6) is 17.2 Å². The van der Waals surface area contributed by atoms with Crippen LogP contribution in [0, 0.1) is 0 Å². The van der Waals surface area contributed by atoms with E-state index < -0.39 is 6.36 Å². The molecule has 0 unspecified atom stereocenters. The van der Waals surface area contributed by atoms with E-state index in [9.17, 15) is 18.3 Å². The summed E-state index contributed by atoms with van der Waals surface area (Å²) in [5, 5.41) is 12.6. The van der Waals surface area contributed by atoms with Crippen molar-refractivity contribution < 1.29 is 27.8 Å². The van der Waals surface area contributed by atoms with E-state index in [0.717, 1.165) is 5.56 Å². The highest BCUT2D eigenvalue weighted by Gasteiger charge is 2.30. The Balaban J connectivity index is 0.00000364. The number of alkyl halides is 3. The molecule has 0 radical (unpaired) electrons. The van der Waals surface area contributed by atoms with Crippen LogP contribution in [0.3, 0.4) is 0 Å². The Kier molecular flexibility index (Phi) is 8.47. The van der Waals surface area contributed by atoms with Crippen molar-refractivity contribution in [3.63, 3.8) is 0 Å². The van der Waals surface area contributed by atoms with Gasteiger partial charge < -0.3 is 25.6 Å². The minimum absolute atomic E-state index is 0. The molecular weight excluding hydrogens is 478 g/mol. The molecule has 0 aliphatic carbocycles. The lowest BCUT2D eigenvalue weighted by atomic mass is 10.2.